The van der Waals surface area contributed by atoms with Crippen molar-refractivity contribution in [3.05, 3.63) is 11.6 Å². The second kappa shape index (κ2) is 5.79. The van der Waals surface area contributed by atoms with Gasteiger partial charge in [0, 0.05) is 13.5 Å². The van der Waals surface area contributed by atoms with Gasteiger partial charge in [0.15, 0.2) is 5.82 Å². The van der Waals surface area contributed by atoms with E-state index in [0.717, 1.165) is 0 Å². The highest BCUT2D eigenvalue weighted by Crippen LogP contribution is 2.18. The van der Waals surface area contributed by atoms with Crippen LogP contribution >= 0.6 is 0 Å². The number of amides is 2. The van der Waals surface area contributed by atoms with E-state index >= 15 is 0 Å². The minimum Gasteiger partial charge on any atom is -0.366 e. The Balaban J connectivity index is 1.93. The summed E-state index contributed by atoms with van der Waals surface area (Å²) in [4.78, 5) is 28.5. The molecule has 1 atom stereocenters. The Morgan fingerprint density at radius 3 is 3.00 bits per heavy atom. The zero-order valence-corrected chi connectivity index (χ0v) is 11.0. The number of hydrogen-bond acceptors (Lipinski definition) is 5. The first-order chi connectivity index (χ1) is 9.06. The average Bonchev–Trinajstić information content (AvgIpc) is 2.83. The predicted molar refractivity (Wildman–Crippen MR) is 65.1 cm³/mol. The summed E-state index contributed by atoms with van der Waals surface area (Å²) in [5.74, 6) is 0.910. The maximum Gasteiger partial charge on any atom is 0.242 e. The summed E-state index contributed by atoms with van der Waals surface area (Å²) in [6.07, 6.45) is -0.319. The fourth-order valence-corrected chi connectivity index (χ4v) is 1.85. The maximum absolute atomic E-state index is 11.9. The molecule has 0 spiro atoms. The molecule has 8 nitrogen and oxygen atoms in total. The molecule has 0 bridgehead atoms. The number of aromatic amines is 1. The molecule has 2 N–H and O–H groups in total. The number of aryl methyl sites for hydroxylation is 1. The topological polar surface area (TPSA) is 100 Å². The maximum atomic E-state index is 11.9. The molecule has 104 valence electrons. The highest BCUT2D eigenvalue weighted by Gasteiger charge is 2.27. The number of aromatic nitrogens is 3. The monoisotopic (exact) mass is 267 g/mol. The quantitative estimate of drug-likeness (QED) is 0.743. The van der Waals surface area contributed by atoms with E-state index in [1.165, 1.54) is 6.92 Å². The van der Waals surface area contributed by atoms with Gasteiger partial charge in [0.05, 0.1) is 19.7 Å². The van der Waals surface area contributed by atoms with Crippen LogP contribution in [0.1, 0.15) is 24.7 Å². The molecule has 2 heterocycles. The first kappa shape index (κ1) is 13.5. The third-order valence-corrected chi connectivity index (χ3v) is 2.81. The average molecular weight is 267 g/mol. The summed E-state index contributed by atoms with van der Waals surface area (Å²) in [5, 5.41) is 9.28. The number of ether oxygens (including phenoxy) is 1. The molecule has 0 unspecified atom stereocenters. The summed E-state index contributed by atoms with van der Waals surface area (Å²) in [6, 6.07) is 0. The van der Waals surface area contributed by atoms with Crippen molar-refractivity contribution in [1.82, 2.24) is 25.4 Å². The van der Waals surface area contributed by atoms with E-state index in [0.29, 0.717) is 31.3 Å². The smallest absolute Gasteiger partial charge is 0.242 e. The molecule has 2 amide bonds. The Morgan fingerprint density at radius 2 is 2.37 bits per heavy atom. The molecule has 8 heteroatoms. The number of rotatable bonds is 3. The number of hydrogen-bond donors (Lipinski definition) is 2. The Morgan fingerprint density at radius 1 is 1.58 bits per heavy atom. The van der Waals surface area contributed by atoms with Crippen LogP contribution in [-0.2, 0) is 14.3 Å². The lowest BCUT2D eigenvalue weighted by molar-refractivity contribution is -0.139. The molecule has 0 radical (unpaired) electrons. The highest BCUT2D eigenvalue weighted by atomic mass is 16.5. The van der Waals surface area contributed by atoms with E-state index in [-0.39, 0.29) is 24.5 Å². The van der Waals surface area contributed by atoms with Crippen LogP contribution in [0.3, 0.4) is 0 Å². The number of nitrogens with zero attached hydrogens (tertiary/aromatic N) is 3. The Labute approximate surface area is 110 Å². The van der Waals surface area contributed by atoms with Crippen LogP contribution < -0.4 is 5.32 Å². The van der Waals surface area contributed by atoms with Gasteiger partial charge in [-0.1, -0.05) is 0 Å². The van der Waals surface area contributed by atoms with Crippen LogP contribution in [0.2, 0.25) is 0 Å². The molecule has 1 aliphatic heterocycles. The van der Waals surface area contributed by atoms with Gasteiger partial charge in [-0.3, -0.25) is 14.7 Å². The molecule has 0 aliphatic carbocycles. The molecule has 2 rings (SSSR count). The van der Waals surface area contributed by atoms with Gasteiger partial charge in [-0.15, -0.1) is 0 Å². The van der Waals surface area contributed by atoms with Gasteiger partial charge in [0.1, 0.15) is 11.9 Å². The Kier molecular flexibility index (Phi) is 4.10. The zero-order valence-electron chi connectivity index (χ0n) is 11.0. The van der Waals surface area contributed by atoms with Crippen LogP contribution in [0.15, 0.2) is 0 Å². The van der Waals surface area contributed by atoms with Gasteiger partial charge >= 0.3 is 0 Å². The van der Waals surface area contributed by atoms with E-state index in [9.17, 15) is 9.59 Å². The summed E-state index contributed by atoms with van der Waals surface area (Å²) in [7, 11) is 0. The van der Waals surface area contributed by atoms with Crippen molar-refractivity contribution in [3.63, 3.8) is 0 Å². The number of morpholine rings is 1. The molecule has 1 aliphatic rings. The van der Waals surface area contributed by atoms with Crippen molar-refractivity contribution >= 4 is 11.8 Å². The second-order valence-corrected chi connectivity index (χ2v) is 4.39. The second-order valence-electron chi connectivity index (χ2n) is 4.39. The number of carbonyl (C=O) groups is 2. The molecule has 1 fully saturated rings. The fourth-order valence-electron chi connectivity index (χ4n) is 1.85. The van der Waals surface area contributed by atoms with Crippen molar-refractivity contribution < 1.29 is 14.3 Å². The fraction of sp³-hybridized carbons (Fsp3) is 0.636. The summed E-state index contributed by atoms with van der Waals surface area (Å²) < 4.78 is 5.56. The van der Waals surface area contributed by atoms with Gasteiger partial charge < -0.3 is 15.0 Å². The van der Waals surface area contributed by atoms with Crippen molar-refractivity contribution in [1.29, 1.82) is 0 Å². The Bertz CT molecular complexity index is 473. The SMILES string of the molecule is CC(=O)NCC(=O)N1CCO[C@@H](c2n[nH]c(C)n2)C1. The minimum absolute atomic E-state index is 0.00900. The van der Waals surface area contributed by atoms with Gasteiger partial charge in [-0.2, -0.15) is 5.10 Å². The molecule has 0 aromatic carbocycles. The van der Waals surface area contributed by atoms with Crippen molar-refractivity contribution in [2.75, 3.05) is 26.2 Å². The van der Waals surface area contributed by atoms with Crippen LogP contribution in [0.4, 0.5) is 0 Å². The largest absolute Gasteiger partial charge is 0.366 e. The van der Waals surface area contributed by atoms with Gasteiger partial charge in [0.2, 0.25) is 11.8 Å². The van der Waals surface area contributed by atoms with Crippen LogP contribution in [0.5, 0.6) is 0 Å². The Hall–Kier alpha value is -1.96. The van der Waals surface area contributed by atoms with E-state index < -0.39 is 0 Å². The standard InChI is InChI=1S/C11H17N5O3/c1-7-13-11(15-14-7)9-6-16(3-4-19-9)10(18)5-12-8(2)17/h9H,3-6H2,1-2H3,(H,12,17)(H,13,14,15)/t9-/m1/s1. The highest BCUT2D eigenvalue weighted by molar-refractivity contribution is 5.83. The third-order valence-electron chi connectivity index (χ3n) is 2.81. The van der Waals surface area contributed by atoms with Crippen LogP contribution in [0.25, 0.3) is 0 Å². The molecule has 19 heavy (non-hydrogen) atoms. The van der Waals surface area contributed by atoms with Gasteiger partial charge in [0.25, 0.3) is 0 Å². The molecular formula is C11H17N5O3. The third kappa shape index (κ3) is 3.50. The van der Waals surface area contributed by atoms with E-state index in [1.807, 2.05) is 0 Å². The molecule has 1 aromatic heterocycles. The predicted octanol–water partition coefficient (Wildman–Crippen LogP) is -0.851. The normalized spacial score (nSPS) is 19.3. The van der Waals surface area contributed by atoms with Gasteiger partial charge in [-0.25, -0.2) is 4.98 Å². The molecule has 0 saturated carbocycles. The van der Waals surface area contributed by atoms with Crippen LogP contribution in [0, 0.1) is 6.92 Å². The lowest BCUT2D eigenvalue weighted by Crippen LogP contribution is -2.46. The lowest BCUT2D eigenvalue weighted by Gasteiger charge is -2.31. The van der Waals surface area contributed by atoms with E-state index in [2.05, 4.69) is 20.5 Å². The van der Waals surface area contributed by atoms with Crippen molar-refractivity contribution in [2.24, 2.45) is 0 Å². The number of carbonyl (C=O) groups excluding carboxylic acids is 2. The zero-order chi connectivity index (χ0) is 13.8. The first-order valence-electron chi connectivity index (χ1n) is 6.09. The van der Waals surface area contributed by atoms with E-state index in [1.54, 1.807) is 11.8 Å². The van der Waals surface area contributed by atoms with Crippen LogP contribution in [-0.4, -0.2) is 58.1 Å². The lowest BCUT2D eigenvalue weighted by atomic mass is 10.2. The van der Waals surface area contributed by atoms with Crippen molar-refractivity contribution in [3.8, 4) is 0 Å². The van der Waals surface area contributed by atoms with Gasteiger partial charge in [-0.05, 0) is 6.92 Å². The molecular weight excluding hydrogens is 250 g/mol. The van der Waals surface area contributed by atoms with E-state index in [4.69, 9.17) is 4.74 Å². The molecule has 1 aromatic rings. The van der Waals surface area contributed by atoms with Crippen molar-refractivity contribution in [2.45, 2.75) is 20.0 Å². The first-order valence-corrected chi connectivity index (χ1v) is 6.09. The number of nitrogens with one attached hydrogen (secondary N) is 2. The summed E-state index contributed by atoms with van der Waals surface area (Å²) in [5.41, 5.74) is 0. The minimum atomic E-state index is -0.319. The summed E-state index contributed by atoms with van der Waals surface area (Å²) >= 11 is 0. The summed E-state index contributed by atoms with van der Waals surface area (Å²) in [6.45, 7) is 4.54. The molecule has 1 saturated heterocycles. The number of H-pyrrole nitrogens is 1.